The van der Waals surface area contributed by atoms with Gasteiger partial charge >= 0.3 is 5.97 Å². The van der Waals surface area contributed by atoms with Crippen molar-refractivity contribution in [1.29, 1.82) is 0 Å². The predicted molar refractivity (Wildman–Crippen MR) is 72.1 cm³/mol. The van der Waals surface area contributed by atoms with Gasteiger partial charge in [0.2, 0.25) is 0 Å². The van der Waals surface area contributed by atoms with E-state index in [1.807, 2.05) is 0 Å². The van der Waals surface area contributed by atoms with Crippen LogP contribution in [0.15, 0.2) is 34.7 Å². The van der Waals surface area contributed by atoms with Crippen molar-refractivity contribution >= 4 is 17.9 Å². The summed E-state index contributed by atoms with van der Waals surface area (Å²) in [5.74, 6) is -0.607. The van der Waals surface area contributed by atoms with Crippen LogP contribution in [0.4, 0.5) is 5.69 Å². The van der Waals surface area contributed by atoms with Crippen LogP contribution < -0.4 is 0 Å². The van der Waals surface area contributed by atoms with E-state index in [1.54, 1.807) is 6.92 Å². The van der Waals surface area contributed by atoms with Crippen LogP contribution in [0.1, 0.15) is 27.8 Å². The minimum Gasteiger partial charge on any atom is -0.462 e. The lowest BCUT2D eigenvalue weighted by Gasteiger charge is -2.06. The van der Waals surface area contributed by atoms with E-state index in [-0.39, 0.29) is 29.3 Å². The Hall–Kier alpha value is -2.96. The number of nitrogens with zero attached hydrogens (tertiary/aromatic N) is 1. The van der Waals surface area contributed by atoms with E-state index in [9.17, 15) is 19.7 Å². The zero-order valence-electron chi connectivity index (χ0n) is 11.1. The SMILES string of the molecule is CCOC(=O)c1cccc(-c2ccc(C=O)o2)c1[N+](=O)[O-]. The van der Waals surface area contributed by atoms with E-state index in [0.29, 0.717) is 6.29 Å². The van der Waals surface area contributed by atoms with Gasteiger partial charge in [0.15, 0.2) is 12.0 Å². The molecule has 0 radical (unpaired) electrons. The second kappa shape index (κ2) is 6.00. The molecule has 0 atom stereocenters. The average molecular weight is 289 g/mol. The lowest BCUT2D eigenvalue weighted by Crippen LogP contribution is -2.08. The zero-order chi connectivity index (χ0) is 15.4. The average Bonchev–Trinajstić information content (AvgIpc) is 2.95. The molecular weight excluding hydrogens is 278 g/mol. The minimum atomic E-state index is -0.784. The zero-order valence-corrected chi connectivity index (χ0v) is 11.1. The molecule has 1 heterocycles. The monoisotopic (exact) mass is 289 g/mol. The summed E-state index contributed by atoms with van der Waals surface area (Å²) in [6, 6.07) is 7.05. The van der Waals surface area contributed by atoms with E-state index in [1.165, 1.54) is 30.3 Å². The summed E-state index contributed by atoms with van der Waals surface area (Å²) >= 11 is 0. The maximum Gasteiger partial charge on any atom is 0.345 e. The minimum absolute atomic E-state index is 0.0424. The summed E-state index contributed by atoms with van der Waals surface area (Å²) < 4.78 is 9.99. The Morgan fingerprint density at radius 1 is 1.38 bits per heavy atom. The van der Waals surface area contributed by atoms with Crippen molar-refractivity contribution in [1.82, 2.24) is 0 Å². The molecule has 21 heavy (non-hydrogen) atoms. The molecule has 0 unspecified atom stereocenters. The van der Waals surface area contributed by atoms with Gasteiger partial charge in [0.25, 0.3) is 5.69 Å². The van der Waals surface area contributed by atoms with E-state index >= 15 is 0 Å². The van der Waals surface area contributed by atoms with Crippen LogP contribution in [-0.2, 0) is 4.74 Å². The van der Waals surface area contributed by atoms with Crippen molar-refractivity contribution in [2.45, 2.75) is 6.92 Å². The molecule has 2 aromatic rings. The molecule has 0 amide bonds. The van der Waals surface area contributed by atoms with Crippen molar-refractivity contribution in [2.24, 2.45) is 0 Å². The highest BCUT2D eigenvalue weighted by atomic mass is 16.6. The number of nitro benzene ring substituents is 1. The van der Waals surface area contributed by atoms with Crippen LogP contribution in [0.3, 0.4) is 0 Å². The first kappa shape index (κ1) is 14.4. The molecule has 0 aliphatic heterocycles. The summed E-state index contributed by atoms with van der Waals surface area (Å²) in [6.45, 7) is 1.72. The molecule has 7 nitrogen and oxygen atoms in total. The van der Waals surface area contributed by atoms with E-state index in [2.05, 4.69) is 0 Å². The summed E-state index contributed by atoms with van der Waals surface area (Å²) in [5, 5.41) is 11.3. The Morgan fingerprint density at radius 3 is 2.71 bits per heavy atom. The molecule has 0 bridgehead atoms. The first-order chi connectivity index (χ1) is 10.1. The molecule has 0 fully saturated rings. The van der Waals surface area contributed by atoms with Gasteiger partial charge in [-0.15, -0.1) is 0 Å². The van der Waals surface area contributed by atoms with E-state index < -0.39 is 16.6 Å². The molecule has 0 spiro atoms. The number of para-hydroxylation sites is 1. The number of furan rings is 1. The maximum atomic E-state index is 11.8. The fraction of sp³-hybridized carbons (Fsp3) is 0.143. The van der Waals surface area contributed by atoms with Crippen LogP contribution in [0.2, 0.25) is 0 Å². The first-order valence-electron chi connectivity index (χ1n) is 6.08. The third kappa shape index (κ3) is 2.81. The molecule has 0 saturated heterocycles. The van der Waals surface area contributed by atoms with Crippen molar-refractivity contribution in [3.05, 3.63) is 51.8 Å². The summed E-state index contributed by atoms with van der Waals surface area (Å²) in [5.41, 5.74) is -0.468. The van der Waals surface area contributed by atoms with Crippen LogP contribution in [0.25, 0.3) is 11.3 Å². The molecule has 1 aromatic carbocycles. The number of nitro groups is 1. The molecule has 108 valence electrons. The number of esters is 1. The number of hydrogen-bond acceptors (Lipinski definition) is 6. The maximum absolute atomic E-state index is 11.8. The normalized spacial score (nSPS) is 10.1. The summed E-state index contributed by atoms with van der Waals surface area (Å²) in [4.78, 5) is 33.0. The standard InChI is InChI=1S/C14H11NO6/c1-2-20-14(17)11-5-3-4-10(13(11)15(18)19)12-7-6-9(8-16)21-12/h3-8H,2H2,1H3. The summed E-state index contributed by atoms with van der Waals surface area (Å²) in [7, 11) is 0. The van der Waals surface area contributed by atoms with Gasteiger partial charge in [0.1, 0.15) is 11.3 Å². The molecule has 0 N–H and O–H groups in total. The number of aldehydes is 1. The second-order valence-corrected chi connectivity index (χ2v) is 4.00. The Kier molecular flexibility index (Phi) is 4.13. The molecule has 0 saturated carbocycles. The van der Waals surface area contributed by atoms with Crippen molar-refractivity contribution in [3.8, 4) is 11.3 Å². The molecule has 7 heteroatoms. The molecule has 0 aliphatic rings. The van der Waals surface area contributed by atoms with E-state index in [4.69, 9.17) is 9.15 Å². The highest BCUT2D eigenvalue weighted by Crippen LogP contribution is 2.34. The van der Waals surface area contributed by atoms with Gasteiger partial charge in [-0.2, -0.15) is 0 Å². The van der Waals surface area contributed by atoms with Crippen molar-refractivity contribution < 1.29 is 23.7 Å². The van der Waals surface area contributed by atoms with Gasteiger partial charge in [0, 0.05) is 0 Å². The first-order valence-corrected chi connectivity index (χ1v) is 6.08. The molecule has 2 rings (SSSR count). The smallest absolute Gasteiger partial charge is 0.345 e. The Labute approximate surface area is 119 Å². The van der Waals surface area contributed by atoms with Crippen LogP contribution >= 0.6 is 0 Å². The van der Waals surface area contributed by atoms with Gasteiger partial charge in [0.05, 0.1) is 17.1 Å². The van der Waals surface area contributed by atoms with Gasteiger partial charge in [-0.05, 0) is 31.2 Å². The third-order valence-electron chi connectivity index (χ3n) is 2.72. The van der Waals surface area contributed by atoms with E-state index in [0.717, 1.165) is 0 Å². The van der Waals surface area contributed by atoms with Gasteiger partial charge in [-0.25, -0.2) is 4.79 Å². The highest BCUT2D eigenvalue weighted by molar-refractivity contribution is 5.97. The molecule has 1 aromatic heterocycles. The Bertz CT molecular complexity index is 703. The van der Waals surface area contributed by atoms with Crippen LogP contribution in [0.5, 0.6) is 0 Å². The quantitative estimate of drug-likeness (QED) is 0.363. The third-order valence-corrected chi connectivity index (χ3v) is 2.72. The van der Waals surface area contributed by atoms with Gasteiger partial charge < -0.3 is 9.15 Å². The fourth-order valence-corrected chi connectivity index (χ4v) is 1.87. The van der Waals surface area contributed by atoms with Crippen molar-refractivity contribution in [3.63, 3.8) is 0 Å². The Balaban J connectivity index is 2.60. The van der Waals surface area contributed by atoms with Crippen LogP contribution in [-0.4, -0.2) is 23.8 Å². The largest absolute Gasteiger partial charge is 0.462 e. The fourth-order valence-electron chi connectivity index (χ4n) is 1.87. The molecule has 0 aliphatic carbocycles. The number of carbonyl (C=O) groups is 2. The van der Waals surface area contributed by atoms with Crippen LogP contribution in [0, 0.1) is 10.1 Å². The van der Waals surface area contributed by atoms with Gasteiger partial charge in [-0.1, -0.05) is 6.07 Å². The number of carbonyl (C=O) groups excluding carboxylic acids is 2. The summed E-state index contributed by atoms with van der Waals surface area (Å²) in [6.07, 6.45) is 0.491. The molecular formula is C14H11NO6. The second-order valence-electron chi connectivity index (χ2n) is 4.00. The van der Waals surface area contributed by atoms with Crippen molar-refractivity contribution in [2.75, 3.05) is 6.61 Å². The Morgan fingerprint density at radius 2 is 2.14 bits per heavy atom. The number of hydrogen-bond donors (Lipinski definition) is 0. The topological polar surface area (TPSA) is 99.7 Å². The highest BCUT2D eigenvalue weighted by Gasteiger charge is 2.27. The predicted octanol–water partition coefficient (Wildman–Crippen LogP) is 2.84. The number of benzene rings is 1. The number of ether oxygens (including phenoxy) is 1. The number of rotatable bonds is 5. The van der Waals surface area contributed by atoms with Gasteiger partial charge in [-0.3, -0.25) is 14.9 Å². The lowest BCUT2D eigenvalue weighted by molar-refractivity contribution is -0.384. The lowest BCUT2D eigenvalue weighted by atomic mass is 10.1.